The van der Waals surface area contributed by atoms with E-state index in [1.807, 2.05) is 6.07 Å². The molecule has 0 radical (unpaired) electrons. The SMILES string of the molecule is CCCCCCC(C)Nc1ccc([N+](=O)[O-])cc1C#N. The molecule has 1 N–H and O–H groups in total. The van der Waals surface area contributed by atoms with Crippen LogP contribution in [0.25, 0.3) is 0 Å². The Labute approximate surface area is 119 Å². The Morgan fingerprint density at radius 1 is 1.40 bits per heavy atom. The van der Waals surface area contributed by atoms with E-state index in [4.69, 9.17) is 5.26 Å². The topological polar surface area (TPSA) is 79.0 Å². The van der Waals surface area contributed by atoms with Crippen LogP contribution in [0, 0.1) is 21.4 Å². The largest absolute Gasteiger partial charge is 0.382 e. The van der Waals surface area contributed by atoms with Crippen molar-refractivity contribution in [3.05, 3.63) is 33.9 Å². The predicted octanol–water partition coefficient (Wildman–Crippen LogP) is 4.24. The molecule has 0 saturated carbocycles. The van der Waals surface area contributed by atoms with Crippen molar-refractivity contribution in [3.63, 3.8) is 0 Å². The Balaban J connectivity index is 2.63. The lowest BCUT2D eigenvalue weighted by molar-refractivity contribution is -0.384. The molecule has 1 rings (SSSR count). The first-order chi connectivity index (χ1) is 9.58. The van der Waals surface area contributed by atoms with Gasteiger partial charge in [-0.1, -0.05) is 32.6 Å². The summed E-state index contributed by atoms with van der Waals surface area (Å²) in [6.45, 7) is 4.24. The van der Waals surface area contributed by atoms with Gasteiger partial charge in [0.15, 0.2) is 0 Å². The van der Waals surface area contributed by atoms with E-state index in [9.17, 15) is 10.1 Å². The number of non-ortho nitro benzene ring substituents is 1. The molecule has 1 aromatic carbocycles. The van der Waals surface area contributed by atoms with Crippen molar-refractivity contribution in [2.75, 3.05) is 5.32 Å². The third-order valence-corrected chi connectivity index (χ3v) is 3.23. The molecule has 1 atom stereocenters. The van der Waals surface area contributed by atoms with Crippen LogP contribution >= 0.6 is 0 Å². The first-order valence-electron chi connectivity index (χ1n) is 7.03. The van der Waals surface area contributed by atoms with E-state index in [2.05, 4.69) is 19.2 Å². The summed E-state index contributed by atoms with van der Waals surface area (Å²) in [7, 11) is 0. The molecule has 0 bridgehead atoms. The zero-order valence-corrected chi connectivity index (χ0v) is 12.1. The zero-order valence-electron chi connectivity index (χ0n) is 12.1. The van der Waals surface area contributed by atoms with Gasteiger partial charge in [0.25, 0.3) is 5.69 Å². The Bertz CT molecular complexity index is 494. The number of nitro benzene ring substituents is 1. The molecule has 0 amide bonds. The Morgan fingerprint density at radius 2 is 2.15 bits per heavy atom. The van der Waals surface area contributed by atoms with Crippen molar-refractivity contribution in [2.45, 2.75) is 52.0 Å². The van der Waals surface area contributed by atoms with Crippen LogP contribution < -0.4 is 5.32 Å². The van der Waals surface area contributed by atoms with Crippen molar-refractivity contribution >= 4 is 11.4 Å². The fourth-order valence-electron chi connectivity index (χ4n) is 2.08. The predicted molar refractivity (Wildman–Crippen MR) is 79.7 cm³/mol. The summed E-state index contributed by atoms with van der Waals surface area (Å²) in [5.41, 5.74) is 0.934. The number of nitriles is 1. The first kappa shape index (κ1) is 16.0. The number of unbranched alkanes of at least 4 members (excludes halogenated alkanes) is 3. The Morgan fingerprint density at radius 3 is 2.75 bits per heavy atom. The number of anilines is 1. The van der Waals surface area contributed by atoms with Crippen molar-refractivity contribution in [1.29, 1.82) is 5.26 Å². The maximum atomic E-state index is 10.7. The van der Waals surface area contributed by atoms with E-state index in [0.717, 1.165) is 12.8 Å². The molecule has 0 fully saturated rings. The third-order valence-electron chi connectivity index (χ3n) is 3.23. The van der Waals surface area contributed by atoms with Crippen molar-refractivity contribution in [1.82, 2.24) is 0 Å². The summed E-state index contributed by atoms with van der Waals surface area (Å²) in [6.07, 6.45) is 5.85. The van der Waals surface area contributed by atoms with Crippen LogP contribution in [0.2, 0.25) is 0 Å². The Kier molecular flexibility index (Phi) is 6.51. The van der Waals surface area contributed by atoms with Crippen molar-refractivity contribution < 1.29 is 4.92 Å². The van der Waals surface area contributed by atoms with E-state index in [1.54, 1.807) is 6.07 Å². The maximum absolute atomic E-state index is 10.7. The van der Waals surface area contributed by atoms with Crippen LogP contribution in [0.15, 0.2) is 18.2 Å². The van der Waals surface area contributed by atoms with E-state index >= 15 is 0 Å². The van der Waals surface area contributed by atoms with E-state index in [1.165, 1.54) is 31.4 Å². The van der Waals surface area contributed by atoms with Gasteiger partial charge in [0.1, 0.15) is 6.07 Å². The molecule has 5 nitrogen and oxygen atoms in total. The molecule has 1 aromatic rings. The van der Waals surface area contributed by atoms with E-state index in [0.29, 0.717) is 11.3 Å². The molecule has 0 aliphatic rings. The monoisotopic (exact) mass is 275 g/mol. The number of benzene rings is 1. The summed E-state index contributed by atoms with van der Waals surface area (Å²) >= 11 is 0. The molecular weight excluding hydrogens is 254 g/mol. The van der Waals surface area contributed by atoms with Crippen LogP contribution in [-0.2, 0) is 0 Å². The molecule has 0 saturated heterocycles. The van der Waals surface area contributed by atoms with Gasteiger partial charge in [-0.3, -0.25) is 10.1 Å². The molecule has 0 aliphatic heterocycles. The number of rotatable bonds is 8. The van der Waals surface area contributed by atoms with Gasteiger partial charge in [-0.2, -0.15) is 5.26 Å². The summed E-state index contributed by atoms with van der Waals surface area (Å²) < 4.78 is 0. The smallest absolute Gasteiger partial charge is 0.270 e. The summed E-state index contributed by atoms with van der Waals surface area (Å²) in [5.74, 6) is 0. The van der Waals surface area contributed by atoms with Crippen molar-refractivity contribution in [3.8, 4) is 6.07 Å². The third kappa shape index (κ3) is 4.88. The number of nitrogens with zero attached hydrogens (tertiary/aromatic N) is 2. The van der Waals surface area contributed by atoms with Gasteiger partial charge in [0.05, 0.1) is 16.2 Å². The quantitative estimate of drug-likeness (QED) is 0.437. The normalized spacial score (nSPS) is 11.7. The number of hydrogen-bond donors (Lipinski definition) is 1. The second-order valence-corrected chi connectivity index (χ2v) is 4.99. The minimum atomic E-state index is -0.487. The van der Waals surface area contributed by atoms with Gasteiger partial charge in [-0.15, -0.1) is 0 Å². The van der Waals surface area contributed by atoms with E-state index < -0.39 is 4.92 Å². The van der Waals surface area contributed by atoms with Crippen molar-refractivity contribution in [2.24, 2.45) is 0 Å². The highest BCUT2D eigenvalue weighted by atomic mass is 16.6. The summed E-state index contributed by atoms with van der Waals surface area (Å²) in [4.78, 5) is 10.2. The highest BCUT2D eigenvalue weighted by Crippen LogP contribution is 2.22. The fourth-order valence-corrected chi connectivity index (χ4v) is 2.08. The lowest BCUT2D eigenvalue weighted by Gasteiger charge is -2.16. The lowest BCUT2D eigenvalue weighted by Crippen LogP contribution is -2.15. The molecule has 0 aliphatic carbocycles. The molecular formula is C15H21N3O2. The standard InChI is InChI=1S/C15H21N3O2/c1-3-4-5-6-7-12(2)17-15-9-8-14(18(19)20)10-13(15)11-16/h8-10,12,17H,3-7H2,1-2H3. The van der Waals surface area contributed by atoms with Gasteiger partial charge in [-0.05, 0) is 19.4 Å². The molecule has 0 heterocycles. The minimum Gasteiger partial charge on any atom is -0.382 e. The average Bonchev–Trinajstić information content (AvgIpc) is 2.43. The average molecular weight is 275 g/mol. The van der Waals surface area contributed by atoms with Crippen LogP contribution in [0.3, 0.4) is 0 Å². The van der Waals surface area contributed by atoms with E-state index in [-0.39, 0.29) is 11.7 Å². The number of hydrogen-bond acceptors (Lipinski definition) is 4. The van der Waals surface area contributed by atoms with Crippen LogP contribution in [0.1, 0.15) is 51.5 Å². The van der Waals surface area contributed by atoms with Gasteiger partial charge in [0.2, 0.25) is 0 Å². The Hall–Kier alpha value is -2.09. The molecule has 0 aromatic heterocycles. The zero-order chi connectivity index (χ0) is 15.0. The molecule has 20 heavy (non-hydrogen) atoms. The van der Waals surface area contributed by atoms with Gasteiger partial charge < -0.3 is 5.32 Å². The maximum Gasteiger partial charge on any atom is 0.270 e. The van der Waals surface area contributed by atoms with Crippen LogP contribution in [0.4, 0.5) is 11.4 Å². The minimum absolute atomic E-state index is 0.0531. The van der Waals surface area contributed by atoms with Crippen LogP contribution in [-0.4, -0.2) is 11.0 Å². The number of nitrogens with one attached hydrogen (secondary N) is 1. The highest BCUT2D eigenvalue weighted by molar-refractivity contribution is 5.61. The summed E-state index contributed by atoms with van der Waals surface area (Å²) in [6, 6.07) is 6.60. The molecule has 1 unspecified atom stereocenters. The molecule has 5 heteroatoms. The second-order valence-electron chi connectivity index (χ2n) is 4.99. The van der Waals surface area contributed by atoms with Gasteiger partial charge in [-0.25, -0.2) is 0 Å². The second kappa shape index (κ2) is 8.16. The number of nitro groups is 1. The lowest BCUT2D eigenvalue weighted by atomic mass is 10.1. The van der Waals surface area contributed by atoms with Gasteiger partial charge in [0, 0.05) is 18.2 Å². The fraction of sp³-hybridized carbons (Fsp3) is 0.533. The molecule has 0 spiro atoms. The van der Waals surface area contributed by atoms with Crippen LogP contribution in [0.5, 0.6) is 0 Å². The summed E-state index contributed by atoms with van der Waals surface area (Å²) in [5, 5.41) is 23.0. The molecule has 108 valence electrons. The highest BCUT2D eigenvalue weighted by Gasteiger charge is 2.12. The van der Waals surface area contributed by atoms with Gasteiger partial charge >= 0.3 is 0 Å². The first-order valence-corrected chi connectivity index (χ1v) is 7.03.